The SMILES string of the molecule is COc1cc(C(=O)NCC(=O)NCCN2CCOCC2)cc(C)n1. The number of nitrogens with zero attached hydrogens (tertiary/aromatic N) is 2. The Bertz CT molecular complexity index is 573. The molecule has 0 unspecified atom stereocenters. The minimum Gasteiger partial charge on any atom is -0.481 e. The first-order valence-electron chi connectivity index (χ1n) is 7.96. The fourth-order valence-corrected chi connectivity index (χ4v) is 2.38. The Balaban J connectivity index is 1.70. The second-order valence-corrected chi connectivity index (χ2v) is 5.53. The zero-order valence-corrected chi connectivity index (χ0v) is 14.1. The first kappa shape index (κ1) is 18.2. The van der Waals surface area contributed by atoms with Gasteiger partial charge < -0.3 is 20.1 Å². The summed E-state index contributed by atoms with van der Waals surface area (Å²) in [5.41, 5.74) is 1.09. The van der Waals surface area contributed by atoms with Crippen molar-refractivity contribution in [3.63, 3.8) is 0 Å². The molecule has 0 aliphatic carbocycles. The highest BCUT2D eigenvalue weighted by Crippen LogP contribution is 2.11. The Morgan fingerprint density at radius 2 is 2.04 bits per heavy atom. The molecule has 1 aliphatic heterocycles. The van der Waals surface area contributed by atoms with Gasteiger partial charge in [-0.3, -0.25) is 14.5 Å². The lowest BCUT2D eigenvalue weighted by Gasteiger charge is -2.26. The van der Waals surface area contributed by atoms with Crippen molar-refractivity contribution in [2.24, 2.45) is 0 Å². The van der Waals surface area contributed by atoms with Crippen LogP contribution in [0.4, 0.5) is 0 Å². The van der Waals surface area contributed by atoms with E-state index in [9.17, 15) is 9.59 Å². The molecule has 132 valence electrons. The quantitative estimate of drug-likeness (QED) is 0.702. The number of aryl methyl sites for hydroxylation is 1. The molecule has 24 heavy (non-hydrogen) atoms. The lowest BCUT2D eigenvalue weighted by molar-refractivity contribution is -0.120. The second-order valence-electron chi connectivity index (χ2n) is 5.53. The van der Waals surface area contributed by atoms with E-state index in [-0.39, 0.29) is 18.4 Å². The standard InChI is InChI=1S/C16H24N4O4/c1-12-9-13(10-15(19-12)23-2)16(22)18-11-14(21)17-3-4-20-5-7-24-8-6-20/h9-10H,3-8,11H2,1-2H3,(H,17,21)(H,18,22). The molecule has 8 nitrogen and oxygen atoms in total. The monoisotopic (exact) mass is 336 g/mol. The Hall–Kier alpha value is -2.19. The molecule has 1 aromatic heterocycles. The molecule has 0 radical (unpaired) electrons. The predicted octanol–water partition coefficient (Wildman–Crippen LogP) is -0.423. The highest BCUT2D eigenvalue weighted by atomic mass is 16.5. The molecule has 0 saturated carbocycles. The number of morpholine rings is 1. The molecule has 1 aliphatic rings. The highest BCUT2D eigenvalue weighted by Gasteiger charge is 2.12. The number of rotatable bonds is 7. The maximum absolute atomic E-state index is 12.1. The smallest absolute Gasteiger partial charge is 0.251 e. The first-order valence-corrected chi connectivity index (χ1v) is 7.96. The largest absolute Gasteiger partial charge is 0.481 e. The fraction of sp³-hybridized carbons (Fsp3) is 0.562. The van der Waals surface area contributed by atoms with Crippen LogP contribution in [0.2, 0.25) is 0 Å². The summed E-state index contributed by atoms with van der Waals surface area (Å²) in [6.45, 7) is 6.28. The molecule has 0 aromatic carbocycles. The summed E-state index contributed by atoms with van der Waals surface area (Å²) in [7, 11) is 1.49. The number of ether oxygens (including phenoxy) is 2. The maximum Gasteiger partial charge on any atom is 0.251 e. The minimum absolute atomic E-state index is 0.0639. The van der Waals surface area contributed by atoms with Crippen LogP contribution >= 0.6 is 0 Å². The lowest BCUT2D eigenvalue weighted by atomic mass is 10.2. The molecule has 8 heteroatoms. The van der Waals surface area contributed by atoms with Gasteiger partial charge in [-0.15, -0.1) is 0 Å². The van der Waals surface area contributed by atoms with Crippen LogP contribution in [0.15, 0.2) is 12.1 Å². The van der Waals surface area contributed by atoms with Gasteiger partial charge in [0.1, 0.15) is 0 Å². The van der Waals surface area contributed by atoms with Crippen molar-refractivity contribution in [1.29, 1.82) is 0 Å². The van der Waals surface area contributed by atoms with Crippen LogP contribution in [0.5, 0.6) is 5.88 Å². The molecular formula is C16H24N4O4. The third-order valence-electron chi connectivity index (χ3n) is 3.66. The number of hydrogen-bond acceptors (Lipinski definition) is 6. The molecule has 2 heterocycles. The average Bonchev–Trinajstić information content (AvgIpc) is 2.60. The van der Waals surface area contributed by atoms with Gasteiger partial charge in [-0.1, -0.05) is 0 Å². The summed E-state index contributed by atoms with van der Waals surface area (Å²) >= 11 is 0. The van der Waals surface area contributed by atoms with Gasteiger partial charge in [0.05, 0.1) is 26.9 Å². The molecule has 2 rings (SSSR count). The number of hydrogen-bond donors (Lipinski definition) is 2. The summed E-state index contributed by atoms with van der Waals surface area (Å²) in [6, 6.07) is 3.19. The van der Waals surface area contributed by atoms with Crippen molar-refractivity contribution in [3.8, 4) is 5.88 Å². The summed E-state index contributed by atoms with van der Waals surface area (Å²) in [4.78, 5) is 30.2. The molecule has 2 N–H and O–H groups in total. The Labute approximate surface area is 141 Å². The van der Waals surface area contributed by atoms with E-state index >= 15 is 0 Å². The highest BCUT2D eigenvalue weighted by molar-refractivity contribution is 5.96. The summed E-state index contributed by atoms with van der Waals surface area (Å²) in [5, 5.41) is 5.40. The van der Waals surface area contributed by atoms with E-state index in [0.29, 0.717) is 23.7 Å². The van der Waals surface area contributed by atoms with Crippen molar-refractivity contribution < 1.29 is 19.1 Å². The van der Waals surface area contributed by atoms with Crippen LogP contribution in [0.3, 0.4) is 0 Å². The third kappa shape index (κ3) is 5.78. The van der Waals surface area contributed by atoms with E-state index in [0.717, 1.165) is 32.8 Å². The molecule has 1 fully saturated rings. The molecule has 0 atom stereocenters. The van der Waals surface area contributed by atoms with Crippen molar-refractivity contribution in [1.82, 2.24) is 20.5 Å². The van der Waals surface area contributed by atoms with Gasteiger partial charge >= 0.3 is 0 Å². The van der Waals surface area contributed by atoms with Gasteiger partial charge in [0.2, 0.25) is 11.8 Å². The summed E-state index contributed by atoms with van der Waals surface area (Å²) < 4.78 is 10.3. The van der Waals surface area contributed by atoms with Crippen molar-refractivity contribution in [2.75, 3.05) is 53.0 Å². The predicted molar refractivity (Wildman–Crippen MR) is 88.1 cm³/mol. The van der Waals surface area contributed by atoms with Crippen LogP contribution in [0, 0.1) is 6.92 Å². The van der Waals surface area contributed by atoms with Crippen LogP contribution in [0.1, 0.15) is 16.1 Å². The van der Waals surface area contributed by atoms with E-state index in [1.54, 1.807) is 19.1 Å². The molecule has 0 spiro atoms. The number of carbonyl (C=O) groups excluding carboxylic acids is 2. The number of carbonyl (C=O) groups is 2. The van der Waals surface area contributed by atoms with E-state index < -0.39 is 0 Å². The van der Waals surface area contributed by atoms with Gasteiger partial charge in [-0.25, -0.2) is 4.98 Å². The number of amides is 2. The van der Waals surface area contributed by atoms with Crippen molar-refractivity contribution >= 4 is 11.8 Å². The number of aromatic nitrogens is 1. The van der Waals surface area contributed by atoms with Gasteiger partial charge in [0, 0.05) is 43.5 Å². The Morgan fingerprint density at radius 3 is 2.75 bits per heavy atom. The molecule has 1 aromatic rings. The number of methoxy groups -OCH3 is 1. The van der Waals surface area contributed by atoms with E-state index in [2.05, 4.69) is 20.5 Å². The average molecular weight is 336 g/mol. The second kappa shape index (κ2) is 9.19. The molecule has 0 bridgehead atoms. The third-order valence-corrected chi connectivity index (χ3v) is 3.66. The van der Waals surface area contributed by atoms with Gasteiger partial charge in [0.15, 0.2) is 0 Å². The summed E-state index contributed by atoms with van der Waals surface area (Å²) in [6.07, 6.45) is 0. The molecular weight excluding hydrogens is 312 g/mol. The van der Waals surface area contributed by atoms with Crippen LogP contribution in [-0.2, 0) is 9.53 Å². The van der Waals surface area contributed by atoms with E-state index in [1.807, 2.05) is 0 Å². The summed E-state index contributed by atoms with van der Waals surface area (Å²) in [5.74, 6) is -0.174. The van der Waals surface area contributed by atoms with Gasteiger partial charge in [-0.2, -0.15) is 0 Å². The number of pyridine rings is 1. The Kier molecular flexibility index (Phi) is 6.95. The zero-order chi connectivity index (χ0) is 17.4. The minimum atomic E-state index is -0.331. The van der Waals surface area contributed by atoms with Crippen LogP contribution < -0.4 is 15.4 Å². The van der Waals surface area contributed by atoms with Crippen LogP contribution in [-0.4, -0.2) is 74.7 Å². The van der Waals surface area contributed by atoms with Gasteiger partial charge in [-0.05, 0) is 13.0 Å². The van der Waals surface area contributed by atoms with E-state index in [4.69, 9.17) is 9.47 Å². The fourth-order valence-electron chi connectivity index (χ4n) is 2.38. The van der Waals surface area contributed by atoms with Crippen molar-refractivity contribution in [3.05, 3.63) is 23.4 Å². The van der Waals surface area contributed by atoms with Crippen molar-refractivity contribution in [2.45, 2.75) is 6.92 Å². The van der Waals surface area contributed by atoms with Crippen LogP contribution in [0.25, 0.3) is 0 Å². The topological polar surface area (TPSA) is 92.8 Å². The van der Waals surface area contributed by atoms with E-state index in [1.165, 1.54) is 7.11 Å². The Morgan fingerprint density at radius 1 is 1.29 bits per heavy atom. The normalized spacial score (nSPS) is 14.9. The molecule has 1 saturated heterocycles. The maximum atomic E-state index is 12.1. The lowest BCUT2D eigenvalue weighted by Crippen LogP contribution is -2.43. The first-order chi connectivity index (χ1) is 11.6. The van der Waals surface area contributed by atoms with Gasteiger partial charge in [0.25, 0.3) is 5.91 Å². The zero-order valence-electron chi connectivity index (χ0n) is 14.1. The number of nitrogens with one attached hydrogen (secondary N) is 2. The molecule has 2 amide bonds.